The number of carboxylic acids is 1. The lowest BCUT2D eigenvalue weighted by Gasteiger charge is -2.01. The third-order valence-corrected chi connectivity index (χ3v) is 1.69. The zero-order chi connectivity index (χ0) is 12.7. The molecule has 1 aromatic heterocycles. The minimum absolute atomic E-state index is 0.0543. The highest BCUT2D eigenvalue weighted by molar-refractivity contribution is 6.04. The molecule has 1 rings (SSSR count). The predicted octanol–water partition coefficient (Wildman–Crippen LogP) is 2.54. The molecule has 0 amide bonds. The van der Waals surface area contributed by atoms with E-state index in [4.69, 9.17) is 5.11 Å². The van der Waals surface area contributed by atoms with Gasteiger partial charge in [-0.05, 0) is 12.1 Å². The molecule has 0 saturated carbocycles. The Hall–Kier alpha value is -1.78. The molecule has 0 spiro atoms. The smallest absolute Gasteiger partial charge is 0.355 e. The quantitative estimate of drug-likeness (QED) is 0.636. The van der Waals surface area contributed by atoms with E-state index in [0.29, 0.717) is 0 Å². The first kappa shape index (κ1) is 14.2. The van der Waals surface area contributed by atoms with E-state index in [9.17, 15) is 14.0 Å². The van der Waals surface area contributed by atoms with E-state index < -0.39 is 17.6 Å². The second-order valence-electron chi connectivity index (χ2n) is 2.61. The fourth-order valence-electron chi connectivity index (χ4n) is 1.01. The van der Waals surface area contributed by atoms with Gasteiger partial charge in [0.1, 0.15) is 0 Å². The number of halogens is 1. The zero-order valence-electron chi connectivity index (χ0n) is 9.45. The predicted molar refractivity (Wildman–Crippen MR) is 57.1 cm³/mol. The summed E-state index contributed by atoms with van der Waals surface area (Å²) in [6, 6.07) is 2.10. The van der Waals surface area contributed by atoms with Crippen LogP contribution in [0.15, 0.2) is 12.1 Å². The Labute approximate surface area is 93.1 Å². The van der Waals surface area contributed by atoms with Gasteiger partial charge in [0.05, 0.1) is 5.56 Å². The van der Waals surface area contributed by atoms with E-state index in [1.807, 2.05) is 13.8 Å². The lowest BCUT2D eigenvalue weighted by Crippen LogP contribution is -2.11. The number of aromatic carboxylic acids is 1. The molecule has 0 radical (unpaired) electrons. The van der Waals surface area contributed by atoms with Gasteiger partial charge in [0.15, 0.2) is 11.5 Å². The van der Waals surface area contributed by atoms with Crippen molar-refractivity contribution >= 4 is 11.8 Å². The van der Waals surface area contributed by atoms with Crippen LogP contribution in [0, 0.1) is 5.95 Å². The number of carbonyl (C=O) groups excluding carboxylic acids is 1. The SMILES string of the molecule is CC.CCC(=O)c1ccc(F)nc1C(=O)O. The summed E-state index contributed by atoms with van der Waals surface area (Å²) < 4.78 is 12.6. The van der Waals surface area contributed by atoms with Crippen molar-refractivity contribution in [3.63, 3.8) is 0 Å². The van der Waals surface area contributed by atoms with E-state index in [2.05, 4.69) is 4.98 Å². The highest BCUT2D eigenvalue weighted by Crippen LogP contribution is 2.10. The van der Waals surface area contributed by atoms with Crippen molar-refractivity contribution in [3.05, 3.63) is 29.3 Å². The third kappa shape index (κ3) is 3.42. The second kappa shape index (κ2) is 6.66. The summed E-state index contributed by atoms with van der Waals surface area (Å²) in [7, 11) is 0. The van der Waals surface area contributed by atoms with Gasteiger partial charge in [-0.2, -0.15) is 4.39 Å². The highest BCUT2D eigenvalue weighted by Gasteiger charge is 2.17. The molecule has 1 aromatic rings. The average Bonchev–Trinajstić information content (AvgIpc) is 2.30. The maximum atomic E-state index is 12.6. The summed E-state index contributed by atoms with van der Waals surface area (Å²) in [4.78, 5) is 25.0. The molecule has 0 saturated heterocycles. The van der Waals surface area contributed by atoms with Crippen LogP contribution < -0.4 is 0 Å². The Bertz CT molecular complexity index is 391. The Morgan fingerprint density at radius 3 is 2.38 bits per heavy atom. The topological polar surface area (TPSA) is 67.3 Å². The fourth-order valence-corrected chi connectivity index (χ4v) is 1.01. The van der Waals surface area contributed by atoms with Crippen LogP contribution in [-0.2, 0) is 0 Å². The summed E-state index contributed by atoms with van der Waals surface area (Å²) in [6.07, 6.45) is 0.160. The molecule has 5 heteroatoms. The normalized spacial score (nSPS) is 9.00. The Morgan fingerprint density at radius 1 is 1.38 bits per heavy atom. The maximum absolute atomic E-state index is 12.6. The molecule has 0 aliphatic heterocycles. The molecule has 0 unspecified atom stereocenters. The van der Waals surface area contributed by atoms with E-state index in [1.54, 1.807) is 6.92 Å². The van der Waals surface area contributed by atoms with Gasteiger partial charge in [-0.15, -0.1) is 0 Å². The molecule has 1 heterocycles. The summed E-state index contributed by atoms with van der Waals surface area (Å²) in [6.45, 7) is 5.59. The monoisotopic (exact) mass is 227 g/mol. The molecule has 0 atom stereocenters. The van der Waals surface area contributed by atoms with E-state index in [-0.39, 0.29) is 17.8 Å². The Morgan fingerprint density at radius 2 is 1.94 bits per heavy atom. The van der Waals surface area contributed by atoms with Crippen molar-refractivity contribution in [2.45, 2.75) is 27.2 Å². The molecule has 0 aromatic carbocycles. The number of Topliss-reactive ketones (excluding diaryl/α,β-unsaturated/α-hetero) is 1. The molecule has 0 fully saturated rings. The molecular weight excluding hydrogens is 213 g/mol. The first-order valence-electron chi connectivity index (χ1n) is 4.99. The molecule has 1 N–H and O–H groups in total. The summed E-state index contributed by atoms with van der Waals surface area (Å²) in [5, 5.41) is 8.65. The van der Waals surface area contributed by atoms with Gasteiger partial charge in [0.25, 0.3) is 0 Å². The Balaban J connectivity index is 0.00000106. The molecule has 16 heavy (non-hydrogen) atoms. The number of carbonyl (C=O) groups is 2. The van der Waals surface area contributed by atoms with Crippen LogP contribution in [-0.4, -0.2) is 21.8 Å². The number of nitrogens with zero attached hydrogens (tertiary/aromatic N) is 1. The van der Waals surface area contributed by atoms with Crippen LogP contribution in [0.4, 0.5) is 4.39 Å². The van der Waals surface area contributed by atoms with Crippen molar-refractivity contribution < 1.29 is 19.1 Å². The van der Waals surface area contributed by atoms with Crippen LogP contribution in [0.5, 0.6) is 0 Å². The number of rotatable bonds is 3. The van der Waals surface area contributed by atoms with Crippen LogP contribution in [0.2, 0.25) is 0 Å². The van der Waals surface area contributed by atoms with Gasteiger partial charge in [0.2, 0.25) is 5.95 Å². The average molecular weight is 227 g/mol. The van der Waals surface area contributed by atoms with Crippen molar-refractivity contribution in [3.8, 4) is 0 Å². The van der Waals surface area contributed by atoms with Crippen molar-refractivity contribution in [1.29, 1.82) is 0 Å². The van der Waals surface area contributed by atoms with Gasteiger partial charge in [-0.3, -0.25) is 4.79 Å². The number of pyridine rings is 1. The molecule has 4 nitrogen and oxygen atoms in total. The minimum atomic E-state index is -1.40. The van der Waals surface area contributed by atoms with Gasteiger partial charge in [-0.25, -0.2) is 9.78 Å². The van der Waals surface area contributed by atoms with Gasteiger partial charge in [0, 0.05) is 6.42 Å². The van der Waals surface area contributed by atoms with Crippen molar-refractivity contribution in [1.82, 2.24) is 4.98 Å². The third-order valence-electron chi connectivity index (χ3n) is 1.69. The van der Waals surface area contributed by atoms with Crippen LogP contribution in [0.25, 0.3) is 0 Å². The highest BCUT2D eigenvalue weighted by atomic mass is 19.1. The number of aromatic nitrogens is 1. The van der Waals surface area contributed by atoms with Gasteiger partial charge in [-0.1, -0.05) is 20.8 Å². The number of ketones is 1. The molecule has 0 bridgehead atoms. The van der Waals surface area contributed by atoms with Crippen molar-refractivity contribution in [2.75, 3.05) is 0 Å². The lowest BCUT2D eigenvalue weighted by atomic mass is 10.1. The minimum Gasteiger partial charge on any atom is -0.476 e. The van der Waals surface area contributed by atoms with E-state index in [0.717, 1.165) is 12.1 Å². The molecular formula is C11H14FNO3. The largest absolute Gasteiger partial charge is 0.476 e. The maximum Gasteiger partial charge on any atom is 0.355 e. The van der Waals surface area contributed by atoms with Crippen LogP contribution >= 0.6 is 0 Å². The summed E-state index contributed by atoms with van der Waals surface area (Å²) >= 11 is 0. The first-order valence-corrected chi connectivity index (χ1v) is 4.99. The summed E-state index contributed by atoms with van der Waals surface area (Å²) in [5.41, 5.74) is -0.585. The number of hydrogen-bond donors (Lipinski definition) is 1. The first-order chi connectivity index (χ1) is 7.56. The number of carboxylic acid groups (broad SMARTS) is 1. The van der Waals surface area contributed by atoms with Crippen LogP contribution in [0.1, 0.15) is 48.0 Å². The number of hydrogen-bond acceptors (Lipinski definition) is 3. The van der Waals surface area contributed by atoms with Crippen molar-refractivity contribution in [2.24, 2.45) is 0 Å². The molecule has 0 aliphatic carbocycles. The van der Waals surface area contributed by atoms with Gasteiger partial charge >= 0.3 is 5.97 Å². The standard InChI is InChI=1S/C9H8FNO3.C2H6/c1-2-6(12)5-3-4-7(10)11-8(5)9(13)14;1-2/h3-4H,2H2,1H3,(H,13,14);1-2H3. The Kier molecular flexibility index (Phi) is 5.92. The zero-order valence-corrected chi connectivity index (χ0v) is 9.45. The molecule has 88 valence electrons. The second-order valence-corrected chi connectivity index (χ2v) is 2.61. The van der Waals surface area contributed by atoms with Crippen LogP contribution in [0.3, 0.4) is 0 Å². The fraction of sp³-hybridized carbons (Fsp3) is 0.364. The lowest BCUT2D eigenvalue weighted by molar-refractivity contribution is 0.0683. The van der Waals surface area contributed by atoms with E-state index in [1.165, 1.54) is 0 Å². The van der Waals surface area contributed by atoms with E-state index >= 15 is 0 Å². The van der Waals surface area contributed by atoms with Gasteiger partial charge < -0.3 is 5.11 Å². The molecule has 0 aliphatic rings. The summed E-state index contributed by atoms with van der Waals surface area (Å²) in [5.74, 6) is -2.67.